The SMILES string of the molecule is CC(C)NCCOc1nnnn1-c1ccccc1. The number of ether oxygens (including phenoxy) is 1. The summed E-state index contributed by atoms with van der Waals surface area (Å²) >= 11 is 0. The molecule has 6 heteroatoms. The predicted octanol–water partition coefficient (Wildman–Crippen LogP) is 1.04. The van der Waals surface area contributed by atoms with E-state index >= 15 is 0 Å². The predicted molar refractivity (Wildman–Crippen MR) is 67.8 cm³/mol. The molecule has 1 N–H and O–H groups in total. The van der Waals surface area contributed by atoms with Crippen LogP contribution in [-0.4, -0.2) is 39.4 Å². The highest BCUT2D eigenvalue weighted by Crippen LogP contribution is 2.11. The van der Waals surface area contributed by atoms with Crippen LogP contribution < -0.4 is 10.1 Å². The third-order valence-electron chi connectivity index (χ3n) is 2.33. The summed E-state index contributed by atoms with van der Waals surface area (Å²) in [5.74, 6) is 0. The molecule has 0 aliphatic carbocycles. The number of benzene rings is 1. The van der Waals surface area contributed by atoms with Gasteiger partial charge in [-0.1, -0.05) is 37.1 Å². The lowest BCUT2D eigenvalue weighted by atomic mass is 10.3. The Labute approximate surface area is 106 Å². The number of para-hydroxylation sites is 1. The second-order valence-electron chi connectivity index (χ2n) is 4.17. The average Bonchev–Trinajstić information content (AvgIpc) is 2.84. The number of hydrogen-bond donors (Lipinski definition) is 1. The van der Waals surface area contributed by atoms with Gasteiger partial charge in [0.2, 0.25) is 0 Å². The molecule has 96 valence electrons. The molecular weight excluding hydrogens is 230 g/mol. The van der Waals surface area contributed by atoms with Crippen LogP contribution in [0.25, 0.3) is 5.69 Å². The minimum absolute atomic E-state index is 0.409. The topological polar surface area (TPSA) is 64.9 Å². The third-order valence-corrected chi connectivity index (χ3v) is 2.33. The summed E-state index contributed by atoms with van der Waals surface area (Å²) in [6.45, 7) is 5.48. The van der Waals surface area contributed by atoms with Gasteiger partial charge in [0.05, 0.1) is 5.69 Å². The maximum absolute atomic E-state index is 5.55. The van der Waals surface area contributed by atoms with E-state index in [2.05, 4.69) is 34.7 Å². The van der Waals surface area contributed by atoms with Crippen LogP contribution in [0.5, 0.6) is 6.01 Å². The van der Waals surface area contributed by atoms with Crippen molar-refractivity contribution < 1.29 is 4.74 Å². The lowest BCUT2D eigenvalue weighted by molar-refractivity contribution is 0.278. The first-order valence-corrected chi connectivity index (χ1v) is 5.97. The van der Waals surface area contributed by atoms with Crippen LogP contribution in [0.1, 0.15) is 13.8 Å². The number of tetrazole rings is 1. The molecule has 0 saturated carbocycles. The van der Waals surface area contributed by atoms with Crippen molar-refractivity contribution in [1.82, 2.24) is 25.5 Å². The fraction of sp³-hybridized carbons (Fsp3) is 0.417. The smallest absolute Gasteiger partial charge is 0.340 e. The van der Waals surface area contributed by atoms with Crippen molar-refractivity contribution >= 4 is 0 Å². The van der Waals surface area contributed by atoms with E-state index < -0.39 is 0 Å². The van der Waals surface area contributed by atoms with Gasteiger partial charge >= 0.3 is 6.01 Å². The standard InChI is InChI=1S/C12H17N5O/c1-10(2)13-8-9-18-12-14-15-16-17(12)11-6-4-3-5-7-11/h3-7,10,13H,8-9H2,1-2H3. The number of nitrogens with zero attached hydrogens (tertiary/aromatic N) is 4. The lowest BCUT2D eigenvalue weighted by Gasteiger charge is -2.09. The minimum atomic E-state index is 0.409. The fourth-order valence-electron chi connectivity index (χ4n) is 1.49. The van der Waals surface area contributed by atoms with Gasteiger partial charge in [0.1, 0.15) is 6.61 Å². The molecule has 1 aromatic heterocycles. The molecular formula is C12H17N5O. The molecule has 0 bridgehead atoms. The molecule has 2 aromatic rings. The Kier molecular flexibility index (Phi) is 4.25. The van der Waals surface area contributed by atoms with Gasteiger partial charge in [0, 0.05) is 12.6 Å². The van der Waals surface area contributed by atoms with Crippen LogP contribution in [0.2, 0.25) is 0 Å². The maximum Gasteiger partial charge on any atom is 0.340 e. The summed E-state index contributed by atoms with van der Waals surface area (Å²) in [6.07, 6.45) is 0. The van der Waals surface area contributed by atoms with E-state index in [0.29, 0.717) is 18.7 Å². The third kappa shape index (κ3) is 3.27. The Hall–Kier alpha value is -1.95. The van der Waals surface area contributed by atoms with E-state index in [0.717, 1.165) is 12.2 Å². The maximum atomic E-state index is 5.55. The highest BCUT2D eigenvalue weighted by atomic mass is 16.5. The van der Waals surface area contributed by atoms with Crippen molar-refractivity contribution in [1.29, 1.82) is 0 Å². The van der Waals surface area contributed by atoms with Gasteiger partial charge in [-0.05, 0) is 22.6 Å². The normalized spacial score (nSPS) is 10.8. The van der Waals surface area contributed by atoms with Crippen molar-refractivity contribution in [2.45, 2.75) is 19.9 Å². The summed E-state index contributed by atoms with van der Waals surface area (Å²) in [4.78, 5) is 0. The summed E-state index contributed by atoms with van der Waals surface area (Å²) in [7, 11) is 0. The van der Waals surface area contributed by atoms with E-state index in [1.165, 1.54) is 0 Å². The van der Waals surface area contributed by atoms with Gasteiger partial charge in [-0.15, -0.1) is 0 Å². The highest BCUT2D eigenvalue weighted by molar-refractivity contribution is 5.31. The second-order valence-corrected chi connectivity index (χ2v) is 4.17. The van der Waals surface area contributed by atoms with Gasteiger partial charge < -0.3 is 10.1 Å². The van der Waals surface area contributed by atoms with Crippen molar-refractivity contribution in [2.75, 3.05) is 13.2 Å². The quantitative estimate of drug-likeness (QED) is 0.773. The van der Waals surface area contributed by atoms with Crippen LogP contribution >= 0.6 is 0 Å². The molecule has 0 aliphatic heterocycles. The monoisotopic (exact) mass is 247 g/mol. The Morgan fingerprint density at radius 3 is 2.78 bits per heavy atom. The molecule has 0 fully saturated rings. The first-order valence-electron chi connectivity index (χ1n) is 5.97. The van der Waals surface area contributed by atoms with Crippen LogP contribution in [-0.2, 0) is 0 Å². The van der Waals surface area contributed by atoms with E-state index in [1.807, 2.05) is 30.3 Å². The highest BCUT2D eigenvalue weighted by Gasteiger charge is 2.08. The van der Waals surface area contributed by atoms with E-state index in [9.17, 15) is 0 Å². The lowest BCUT2D eigenvalue weighted by Crippen LogP contribution is -2.27. The minimum Gasteiger partial charge on any atom is -0.461 e. The molecule has 18 heavy (non-hydrogen) atoms. The molecule has 1 aromatic carbocycles. The zero-order chi connectivity index (χ0) is 12.8. The van der Waals surface area contributed by atoms with Crippen LogP contribution in [0, 0.1) is 0 Å². The Bertz CT molecular complexity index is 468. The summed E-state index contributed by atoms with van der Waals surface area (Å²) in [5.41, 5.74) is 0.884. The molecule has 0 unspecified atom stereocenters. The number of rotatable bonds is 6. The molecule has 0 spiro atoms. The van der Waals surface area contributed by atoms with Crippen molar-refractivity contribution in [2.24, 2.45) is 0 Å². The van der Waals surface area contributed by atoms with Gasteiger partial charge in [-0.3, -0.25) is 0 Å². The number of aromatic nitrogens is 4. The fourth-order valence-corrected chi connectivity index (χ4v) is 1.49. The van der Waals surface area contributed by atoms with Gasteiger partial charge in [0.25, 0.3) is 0 Å². The Morgan fingerprint density at radius 1 is 1.28 bits per heavy atom. The zero-order valence-electron chi connectivity index (χ0n) is 10.6. The molecule has 0 amide bonds. The molecule has 2 rings (SSSR count). The number of nitrogens with one attached hydrogen (secondary N) is 1. The van der Waals surface area contributed by atoms with Crippen molar-refractivity contribution in [3.8, 4) is 11.7 Å². The molecule has 0 saturated heterocycles. The number of hydrogen-bond acceptors (Lipinski definition) is 5. The molecule has 0 radical (unpaired) electrons. The first kappa shape index (κ1) is 12.5. The first-order chi connectivity index (χ1) is 8.77. The molecule has 1 heterocycles. The summed E-state index contributed by atoms with van der Waals surface area (Å²) < 4.78 is 7.13. The zero-order valence-corrected chi connectivity index (χ0v) is 10.6. The van der Waals surface area contributed by atoms with Crippen LogP contribution in [0.15, 0.2) is 30.3 Å². The molecule has 0 atom stereocenters. The van der Waals surface area contributed by atoms with E-state index in [-0.39, 0.29) is 0 Å². The molecule has 0 aliphatic rings. The van der Waals surface area contributed by atoms with E-state index in [1.54, 1.807) is 4.68 Å². The van der Waals surface area contributed by atoms with E-state index in [4.69, 9.17) is 4.74 Å². The van der Waals surface area contributed by atoms with Gasteiger partial charge in [0.15, 0.2) is 0 Å². The van der Waals surface area contributed by atoms with Crippen molar-refractivity contribution in [3.05, 3.63) is 30.3 Å². The Morgan fingerprint density at radius 2 is 2.06 bits per heavy atom. The summed E-state index contributed by atoms with van der Waals surface area (Å²) in [6, 6.07) is 10.5. The Balaban J connectivity index is 1.96. The van der Waals surface area contributed by atoms with Gasteiger partial charge in [-0.2, -0.15) is 4.68 Å². The second kappa shape index (κ2) is 6.11. The van der Waals surface area contributed by atoms with Crippen LogP contribution in [0.3, 0.4) is 0 Å². The summed E-state index contributed by atoms with van der Waals surface area (Å²) in [5, 5.41) is 14.7. The van der Waals surface area contributed by atoms with Crippen molar-refractivity contribution in [3.63, 3.8) is 0 Å². The molecule has 6 nitrogen and oxygen atoms in total. The average molecular weight is 247 g/mol. The largest absolute Gasteiger partial charge is 0.461 e. The van der Waals surface area contributed by atoms with Crippen LogP contribution in [0.4, 0.5) is 0 Å². The van der Waals surface area contributed by atoms with Gasteiger partial charge in [-0.25, -0.2) is 0 Å².